The summed E-state index contributed by atoms with van der Waals surface area (Å²) in [5, 5.41) is 4.73. The Morgan fingerprint density at radius 3 is 2.77 bits per heavy atom. The molecule has 2 N–H and O–H groups in total. The molecule has 13 heavy (non-hydrogen) atoms. The number of hydrogen-bond acceptors (Lipinski definition) is 4. The molecule has 0 amide bonds. The van der Waals surface area contributed by atoms with E-state index in [1.54, 1.807) is 0 Å². The molecule has 0 spiro atoms. The third kappa shape index (κ3) is 4.04. The van der Waals surface area contributed by atoms with E-state index < -0.39 is 10.3 Å². The van der Waals surface area contributed by atoms with Gasteiger partial charge in [-0.15, -0.1) is 0 Å². The molecule has 1 aliphatic heterocycles. The van der Waals surface area contributed by atoms with Crippen LogP contribution in [0.4, 0.5) is 0 Å². The van der Waals surface area contributed by atoms with Crippen LogP contribution in [0.2, 0.25) is 0 Å². The van der Waals surface area contributed by atoms with Gasteiger partial charge in [0.25, 0.3) is 0 Å². The van der Waals surface area contributed by atoms with Crippen LogP contribution < -0.4 is 5.14 Å². The van der Waals surface area contributed by atoms with Crippen LogP contribution in [-0.4, -0.2) is 39.6 Å². The average Bonchev–Trinajstić information content (AvgIpc) is 2.01. The molecule has 6 heteroatoms. The topological polar surface area (TPSA) is 72.6 Å². The molecule has 1 rings (SSSR count). The quantitative estimate of drug-likeness (QED) is 0.690. The maximum atomic E-state index is 10.5. The van der Waals surface area contributed by atoms with Crippen LogP contribution in [-0.2, 0) is 14.5 Å². The first kappa shape index (κ1) is 10.9. The van der Waals surface area contributed by atoms with Crippen LogP contribution in [0.1, 0.15) is 19.3 Å². The lowest BCUT2D eigenvalue weighted by molar-refractivity contribution is 0.128. The van der Waals surface area contributed by atoms with Crippen molar-refractivity contribution in [3.8, 4) is 0 Å². The molecule has 0 bridgehead atoms. The molecule has 0 aromatic rings. The van der Waals surface area contributed by atoms with Crippen molar-refractivity contribution in [2.75, 3.05) is 20.2 Å². The fourth-order valence-corrected chi connectivity index (χ4v) is 1.87. The monoisotopic (exact) mass is 208 g/mol. The average molecular weight is 208 g/mol. The summed E-state index contributed by atoms with van der Waals surface area (Å²) >= 11 is 0. The largest absolute Gasteiger partial charge is 0.333 e. The Morgan fingerprint density at radius 2 is 2.23 bits per heavy atom. The summed E-state index contributed by atoms with van der Waals surface area (Å²) in [6, 6.07) is 0.187. The van der Waals surface area contributed by atoms with E-state index in [1.165, 1.54) is 6.42 Å². The van der Waals surface area contributed by atoms with Crippen LogP contribution in [0.25, 0.3) is 0 Å². The van der Waals surface area contributed by atoms with Crippen LogP contribution >= 0.6 is 0 Å². The molecule has 0 aromatic carbocycles. The highest BCUT2D eigenvalue weighted by Crippen LogP contribution is 2.15. The van der Waals surface area contributed by atoms with E-state index in [0.29, 0.717) is 0 Å². The zero-order chi connectivity index (χ0) is 9.90. The third-order valence-corrected chi connectivity index (χ3v) is 2.81. The van der Waals surface area contributed by atoms with Gasteiger partial charge in [-0.2, -0.15) is 8.42 Å². The molecule has 1 aliphatic rings. The van der Waals surface area contributed by atoms with E-state index in [0.717, 1.165) is 19.4 Å². The second-order valence-electron chi connectivity index (χ2n) is 3.41. The first-order chi connectivity index (χ1) is 5.99. The first-order valence-corrected chi connectivity index (χ1v) is 5.83. The van der Waals surface area contributed by atoms with Crippen molar-refractivity contribution in [1.82, 2.24) is 4.90 Å². The lowest BCUT2D eigenvalue weighted by Crippen LogP contribution is -2.40. The summed E-state index contributed by atoms with van der Waals surface area (Å²) in [7, 11) is -1.81. The van der Waals surface area contributed by atoms with Crippen molar-refractivity contribution in [3.63, 3.8) is 0 Å². The Balaban J connectivity index is 2.35. The SMILES string of the molecule is CN1CCCCC1COS(N)(=O)=O. The minimum Gasteiger partial charge on any atom is -0.301 e. The molecule has 1 unspecified atom stereocenters. The predicted molar refractivity (Wildman–Crippen MR) is 49.3 cm³/mol. The number of nitrogens with two attached hydrogens (primary N) is 1. The van der Waals surface area contributed by atoms with Crippen molar-refractivity contribution in [3.05, 3.63) is 0 Å². The summed E-state index contributed by atoms with van der Waals surface area (Å²) in [6.45, 7) is 1.17. The van der Waals surface area contributed by atoms with Gasteiger partial charge in [0.1, 0.15) is 0 Å². The van der Waals surface area contributed by atoms with Gasteiger partial charge >= 0.3 is 10.3 Å². The minimum absolute atomic E-state index is 0.176. The second-order valence-corrected chi connectivity index (χ2v) is 4.63. The van der Waals surface area contributed by atoms with Gasteiger partial charge in [-0.05, 0) is 26.4 Å². The van der Waals surface area contributed by atoms with Gasteiger partial charge < -0.3 is 4.90 Å². The predicted octanol–water partition coefficient (Wildman–Crippen LogP) is -0.309. The van der Waals surface area contributed by atoms with Crippen molar-refractivity contribution in [1.29, 1.82) is 0 Å². The molecule has 5 nitrogen and oxygen atoms in total. The lowest BCUT2D eigenvalue weighted by atomic mass is 10.0. The minimum atomic E-state index is -3.77. The Morgan fingerprint density at radius 1 is 1.54 bits per heavy atom. The summed E-state index contributed by atoms with van der Waals surface area (Å²) in [5.41, 5.74) is 0. The normalized spacial score (nSPS) is 26.2. The van der Waals surface area contributed by atoms with Crippen LogP contribution in [0.5, 0.6) is 0 Å². The Kier molecular flexibility index (Phi) is 3.66. The molecular weight excluding hydrogens is 192 g/mol. The third-order valence-electron chi connectivity index (χ3n) is 2.35. The molecule has 0 saturated carbocycles. The Bertz CT molecular complexity index is 252. The van der Waals surface area contributed by atoms with Crippen LogP contribution in [0.15, 0.2) is 0 Å². The first-order valence-electron chi connectivity index (χ1n) is 4.36. The Hall–Kier alpha value is -0.170. The number of likely N-dealkylation sites (tertiary alicyclic amines) is 1. The summed E-state index contributed by atoms with van der Waals surface area (Å²) in [6.07, 6.45) is 3.28. The van der Waals surface area contributed by atoms with Gasteiger partial charge in [0.15, 0.2) is 0 Å². The maximum absolute atomic E-state index is 10.5. The summed E-state index contributed by atoms with van der Waals surface area (Å²) < 4.78 is 25.6. The van der Waals surface area contributed by atoms with Crippen LogP contribution in [0.3, 0.4) is 0 Å². The number of rotatable bonds is 3. The number of likely N-dealkylation sites (N-methyl/N-ethyl adjacent to an activating group) is 1. The maximum Gasteiger partial charge on any atom is 0.333 e. The van der Waals surface area contributed by atoms with Gasteiger partial charge in [-0.25, -0.2) is 5.14 Å². The molecular formula is C7H16N2O3S. The van der Waals surface area contributed by atoms with E-state index in [9.17, 15) is 8.42 Å². The van der Waals surface area contributed by atoms with Gasteiger partial charge in [0, 0.05) is 6.04 Å². The van der Waals surface area contributed by atoms with Crippen LogP contribution in [0, 0.1) is 0 Å². The van der Waals surface area contributed by atoms with Crippen molar-refractivity contribution in [2.24, 2.45) is 5.14 Å². The molecule has 1 fully saturated rings. The van der Waals surface area contributed by atoms with E-state index in [1.807, 2.05) is 7.05 Å². The zero-order valence-electron chi connectivity index (χ0n) is 7.77. The summed E-state index contributed by atoms with van der Waals surface area (Å²) in [5.74, 6) is 0. The molecule has 1 atom stereocenters. The highest BCUT2D eigenvalue weighted by atomic mass is 32.2. The van der Waals surface area contributed by atoms with Gasteiger partial charge in [-0.1, -0.05) is 6.42 Å². The van der Waals surface area contributed by atoms with E-state index in [4.69, 9.17) is 5.14 Å². The van der Waals surface area contributed by atoms with Crippen molar-refractivity contribution < 1.29 is 12.6 Å². The van der Waals surface area contributed by atoms with Gasteiger partial charge in [0.05, 0.1) is 6.61 Å². The van der Waals surface area contributed by atoms with E-state index in [2.05, 4.69) is 9.08 Å². The molecule has 0 aliphatic carbocycles. The molecule has 0 aromatic heterocycles. The highest BCUT2D eigenvalue weighted by Gasteiger charge is 2.20. The van der Waals surface area contributed by atoms with Crippen molar-refractivity contribution in [2.45, 2.75) is 25.3 Å². The zero-order valence-corrected chi connectivity index (χ0v) is 8.59. The fraction of sp³-hybridized carbons (Fsp3) is 1.00. The number of piperidine rings is 1. The molecule has 78 valence electrons. The highest BCUT2D eigenvalue weighted by molar-refractivity contribution is 7.84. The lowest BCUT2D eigenvalue weighted by Gasteiger charge is -2.31. The summed E-state index contributed by atoms with van der Waals surface area (Å²) in [4.78, 5) is 2.11. The fourth-order valence-electron chi connectivity index (χ4n) is 1.53. The van der Waals surface area contributed by atoms with Gasteiger partial charge in [0.2, 0.25) is 0 Å². The standard InChI is InChI=1S/C7H16N2O3S/c1-9-5-3-2-4-7(9)6-12-13(8,10)11/h7H,2-6H2,1H3,(H2,8,10,11). The van der Waals surface area contributed by atoms with E-state index in [-0.39, 0.29) is 12.6 Å². The van der Waals surface area contributed by atoms with Crippen molar-refractivity contribution >= 4 is 10.3 Å². The number of nitrogens with zero attached hydrogens (tertiary/aromatic N) is 1. The molecule has 1 saturated heterocycles. The van der Waals surface area contributed by atoms with E-state index >= 15 is 0 Å². The second kappa shape index (κ2) is 4.36. The molecule has 1 heterocycles. The Labute approximate surface area is 79.1 Å². The van der Waals surface area contributed by atoms with Gasteiger partial charge in [-0.3, -0.25) is 4.18 Å². The number of hydrogen-bond donors (Lipinski definition) is 1. The smallest absolute Gasteiger partial charge is 0.301 e. The molecule has 0 radical (unpaired) electrons.